The molecule has 0 radical (unpaired) electrons. The number of carboxylic acids is 1. The minimum atomic E-state index is -1.05. The second-order valence-corrected chi connectivity index (χ2v) is 4.05. The molecule has 1 rings (SSSR count). The molecule has 0 heterocycles. The van der Waals surface area contributed by atoms with Crippen LogP contribution in [0.4, 0.5) is 0 Å². The third-order valence-electron chi connectivity index (χ3n) is 1.83. The number of benzene rings is 1. The minimum absolute atomic E-state index is 0.0885. The fourth-order valence-corrected chi connectivity index (χ4v) is 1.89. The van der Waals surface area contributed by atoms with E-state index in [1.165, 1.54) is 13.2 Å². The van der Waals surface area contributed by atoms with Crippen LogP contribution < -0.4 is 9.47 Å². The van der Waals surface area contributed by atoms with Crippen LogP contribution >= 0.6 is 22.6 Å². The quantitative estimate of drug-likeness (QED) is 0.664. The molecule has 0 saturated carbocycles. The van der Waals surface area contributed by atoms with E-state index in [9.17, 15) is 4.79 Å². The SMILES string of the molecule is C=CCOc1c(I)cc(OC)cc1C(=O)O. The molecule has 0 spiro atoms. The topological polar surface area (TPSA) is 55.8 Å². The number of hydrogen-bond acceptors (Lipinski definition) is 3. The van der Waals surface area contributed by atoms with Crippen molar-refractivity contribution < 1.29 is 19.4 Å². The molecular formula is C11H11IO4. The number of hydrogen-bond donors (Lipinski definition) is 1. The highest BCUT2D eigenvalue weighted by Gasteiger charge is 2.16. The molecule has 0 aliphatic heterocycles. The molecule has 1 N–H and O–H groups in total. The summed E-state index contributed by atoms with van der Waals surface area (Å²) in [5, 5.41) is 9.04. The zero-order valence-electron chi connectivity index (χ0n) is 8.70. The van der Waals surface area contributed by atoms with Gasteiger partial charge < -0.3 is 14.6 Å². The van der Waals surface area contributed by atoms with Crippen molar-refractivity contribution in [3.63, 3.8) is 0 Å². The van der Waals surface area contributed by atoms with Gasteiger partial charge in [0.1, 0.15) is 23.7 Å². The molecule has 1 aromatic rings. The molecule has 0 bridgehead atoms. The predicted molar refractivity (Wildman–Crippen MR) is 68.4 cm³/mol. The van der Waals surface area contributed by atoms with Gasteiger partial charge in [0.25, 0.3) is 0 Å². The predicted octanol–water partition coefficient (Wildman–Crippen LogP) is 2.56. The standard InChI is InChI=1S/C11H11IO4/c1-3-4-16-10-8(11(13)14)5-7(15-2)6-9(10)12/h3,5-6H,1,4H2,2H3,(H,13,14). The molecule has 0 atom stereocenters. The van der Waals surface area contributed by atoms with Crippen molar-refractivity contribution in [3.05, 3.63) is 33.9 Å². The molecule has 0 saturated heterocycles. The van der Waals surface area contributed by atoms with Crippen molar-refractivity contribution in [3.8, 4) is 11.5 Å². The molecule has 0 amide bonds. The highest BCUT2D eigenvalue weighted by Crippen LogP contribution is 2.30. The van der Waals surface area contributed by atoms with Crippen molar-refractivity contribution in [1.82, 2.24) is 0 Å². The molecule has 86 valence electrons. The van der Waals surface area contributed by atoms with Gasteiger partial charge in [-0.2, -0.15) is 0 Å². The molecule has 5 heteroatoms. The first kappa shape index (κ1) is 12.8. The van der Waals surface area contributed by atoms with E-state index in [-0.39, 0.29) is 12.2 Å². The van der Waals surface area contributed by atoms with Gasteiger partial charge in [0.2, 0.25) is 0 Å². The summed E-state index contributed by atoms with van der Waals surface area (Å²) in [6.07, 6.45) is 1.56. The first-order valence-electron chi connectivity index (χ1n) is 4.44. The first-order chi connectivity index (χ1) is 7.60. The Morgan fingerprint density at radius 1 is 1.62 bits per heavy atom. The lowest BCUT2D eigenvalue weighted by molar-refractivity contribution is 0.0692. The summed E-state index contributed by atoms with van der Waals surface area (Å²) < 4.78 is 11.0. The second kappa shape index (κ2) is 5.74. The van der Waals surface area contributed by atoms with Gasteiger partial charge in [0.05, 0.1) is 10.7 Å². The number of methoxy groups -OCH3 is 1. The van der Waals surface area contributed by atoms with E-state index in [1.807, 2.05) is 22.6 Å². The zero-order chi connectivity index (χ0) is 12.1. The van der Waals surface area contributed by atoms with Crippen LogP contribution in [0.25, 0.3) is 0 Å². The Hall–Kier alpha value is -1.24. The largest absolute Gasteiger partial charge is 0.497 e. The summed E-state index contributed by atoms with van der Waals surface area (Å²) in [6, 6.07) is 3.15. The van der Waals surface area contributed by atoms with Crippen LogP contribution in [-0.4, -0.2) is 24.8 Å². The molecule has 0 fully saturated rings. The lowest BCUT2D eigenvalue weighted by Crippen LogP contribution is -2.05. The summed E-state index contributed by atoms with van der Waals surface area (Å²) in [7, 11) is 1.49. The molecule has 0 aromatic heterocycles. The average molecular weight is 334 g/mol. The molecule has 1 aromatic carbocycles. The zero-order valence-corrected chi connectivity index (χ0v) is 10.9. The maximum absolute atomic E-state index is 11.0. The van der Waals surface area contributed by atoms with Gasteiger partial charge in [0, 0.05) is 0 Å². The normalized spacial score (nSPS) is 9.62. The highest BCUT2D eigenvalue weighted by atomic mass is 127. The van der Waals surface area contributed by atoms with Crippen molar-refractivity contribution in [2.75, 3.05) is 13.7 Å². The van der Waals surface area contributed by atoms with Gasteiger partial charge in [-0.1, -0.05) is 12.7 Å². The Kier molecular flexibility index (Phi) is 4.60. The van der Waals surface area contributed by atoms with E-state index >= 15 is 0 Å². The summed E-state index contributed by atoms with van der Waals surface area (Å²) in [6.45, 7) is 3.78. The number of halogens is 1. The van der Waals surface area contributed by atoms with Crippen LogP contribution in [-0.2, 0) is 0 Å². The monoisotopic (exact) mass is 334 g/mol. The van der Waals surface area contributed by atoms with E-state index in [4.69, 9.17) is 14.6 Å². The van der Waals surface area contributed by atoms with Crippen molar-refractivity contribution in [1.29, 1.82) is 0 Å². The number of carbonyl (C=O) groups is 1. The second-order valence-electron chi connectivity index (χ2n) is 2.89. The van der Waals surface area contributed by atoms with Crippen LogP contribution in [0.2, 0.25) is 0 Å². The lowest BCUT2D eigenvalue weighted by Gasteiger charge is -2.11. The van der Waals surface area contributed by atoms with Crippen LogP contribution in [0.3, 0.4) is 0 Å². The average Bonchev–Trinajstić information content (AvgIpc) is 2.26. The fraction of sp³-hybridized carbons (Fsp3) is 0.182. The van der Waals surface area contributed by atoms with Gasteiger partial charge >= 0.3 is 5.97 Å². The third-order valence-corrected chi connectivity index (χ3v) is 2.63. The number of carboxylic acid groups (broad SMARTS) is 1. The van der Waals surface area contributed by atoms with E-state index in [2.05, 4.69) is 6.58 Å². The van der Waals surface area contributed by atoms with Crippen LogP contribution in [0.1, 0.15) is 10.4 Å². The lowest BCUT2D eigenvalue weighted by atomic mass is 10.2. The molecule has 0 unspecified atom stereocenters. The molecular weight excluding hydrogens is 323 g/mol. The van der Waals surface area contributed by atoms with Gasteiger partial charge in [0.15, 0.2) is 0 Å². The van der Waals surface area contributed by atoms with E-state index in [0.717, 1.165) is 0 Å². The number of ether oxygens (including phenoxy) is 2. The summed E-state index contributed by atoms with van der Waals surface area (Å²) in [4.78, 5) is 11.0. The van der Waals surface area contributed by atoms with Crippen LogP contribution in [0.5, 0.6) is 11.5 Å². The Morgan fingerprint density at radius 3 is 2.81 bits per heavy atom. The number of aromatic carboxylic acids is 1. The van der Waals surface area contributed by atoms with Gasteiger partial charge in [-0.25, -0.2) is 4.79 Å². The minimum Gasteiger partial charge on any atom is -0.497 e. The smallest absolute Gasteiger partial charge is 0.339 e. The molecule has 4 nitrogen and oxygen atoms in total. The van der Waals surface area contributed by atoms with Gasteiger partial charge in [-0.15, -0.1) is 0 Å². The van der Waals surface area contributed by atoms with Gasteiger partial charge in [-0.3, -0.25) is 0 Å². The molecule has 0 aliphatic rings. The molecule has 0 aliphatic carbocycles. The van der Waals surface area contributed by atoms with E-state index < -0.39 is 5.97 Å². The maximum Gasteiger partial charge on any atom is 0.339 e. The van der Waals surface area contributed by atoms with Crippen molar-refractivity contribution in [2.24, 2.45) is 0 Å². The van der Waals surface area contributed by atoms with Crippen LogP contribution in [0, 0.1) is 3.57 Å². The summed E-state index contributed by atoms with van der Waals surface area (Å²) in [5.74, 6) is -0.211. The first-order valence-corrected chi connectivity index (χ1v) is 5.52. The Morgan fingerprint density at radius 2 is 2.31 bits per heavy atom. The third kappa shape index (κ3) is 2.88. The Labute approximate surface area is 107 Å². The van der Waals surface area contributed by atoms with E-state index in [1.54, 1.807) is 12.1 Å². The number of rotatable bonds is 5. The van der Waals surface area contributed by atoms with Crippen molar-refractivity contribution in [2.45, 2.75) is 0 Å². The van der Waals surface area contributed by atoms with E-state index in [0.29, 0.717) is 15.1 Å². The Balaban J connectivity index is 3.22. The maximum atomic E-state index is 11.0. The van der Waals surface area contributed by atoms with Crippen molar-refractivity contribution >= 4 is 28.6 Å². The Bertz CT molecular complexity index is 415. The fourth-order valence-electron chi connectivity index (χ4n) is 1.13. The van der Waals surface area contributed by atoms with Gasteiger partial charge in [-0.05, 0) is 34.7 Å². The summed E-state index contributed by atoms with van der Waals surface area (Å²) in [5.41, 5.74) is 0.0885. The summed E-state index contributed by atoms with van der Waals surface area (Å²) >= 11 is 2.01. The highest BCUT2D eigenvalue weighted by molar-refractivity contribution is 14.1. The molecule has 16 heavy (non-hydrogen) atoms. The van der Waals surface area contributed by atoms with Crippen LogP contribution in [0.15, 0.2) is 24.8 Å².